The number of nitrogens with zero attached hydrogens (tertiary/aromatic N) is 1. The van der Waals surface area contributed by atoms with E-state index >= 15 is 0 Å². The highest BCUT2D eigenvalue weighted by Crippen LogP contribution is 2.28. The number of aliphatic carboxylic acids is 1. The van der Waals surface area contributed by atoms with Crippen LogP contribution in [0.1, 0.15) is 28.2 Å². The van der Waals surface area contributed by atoms with E-state index in [1.54, 1.807) is 12.0 Å². The first kappa shape index (κ1) is 17.2. The van der Waals surface area contributed by atoms with Crippen LogP contribution in [0, 0.1) is 0 Å². The van der Waals surface area contributed by atoms with E-state index in [-0.39, 0.29) is 18.9 Å². The maximum atomic E-state index is 12.7. The molecule has 0 saturated carbocycles. The highest BCUT2D eigenvalue weighted by atomic mass is 16.5. The van der Waals surface area contributed by atoms with Crippen molar-refractivity contribution in [1.82, 2.24) is 4.90 Å². The lowest BCUT2D eigenvalue weighted by Crippen LogP contribution is -2.41. The summed E-state index contributed by atoms with van der Waals surface area (Å²) in [5, 5.41) is 9.52. The molecule has 1 amide bonds. The zero-order chi connectivity index (χ0) is 17.8. The average Bonchev–Trinajstić information content (AvgIpc) is 2.61. The number of rotatable bonds is 5. The molecule has 130 valence electrons. The predicted octanol–water partition coefficient (Wildman–Crippen LogP) is 2.59. The molecule has 0 aliphatic carbocycles. The normalized spacial score (nSPS) is 16.4. The van der Waals surface area contributed by atoms with Gasteiger partial charge in [-0.2, -0.15) is 0 Å². The van der Waals surface area contributed by atoms with Gasteiger partial charge >= 0.3 is 5.97 Å². The minimum atomic E-state index is -0.896. The van der Waals surface area contributed by atoms with E-state index in [1.165, 1.54) is 0 Å². The Kier molecular flexibility index (Phi) is 5.14. The van der Waals surface area contributed by atoms with Crippen LogP contribution in [-0.4, -0.2) is 35.5 Å². The fourth-order valence-electron chi connectivity index (χ4n) is 3.29. The number of carbonyl (C=O) groups excluding carboxylic acids is 1. The molecule has 3 rings (SSSR count). The van der Waals surface area contributed by atoms with E-state index in [0.717, 1.165) is 22.3 Å². The molecule has 0 radical (unpaired) electrons. The van der Waals surface area contributed by atoms with Crippen LogP contribution < -0.4 is 0 Å². The highest BCUT2D eigenvalue weighted by Gasteiger charge is 2.32. The summed E-state index contributed by atoms with van der Waals surface area (Å²) in [6.45, 7) is 1.17. The van der Waals surface area contributed by atoms with Gasteiger partial charge in [0.25, 0.3) is 0 Å². The number of carboxylic acids is 1. The SMILES string of the molecule is COCc1cccc(CC(=O)N2Cc3ccccc3C(C(=O)O)C2)c1. The number of hydrogen-bond donors (Lipinski definition) is 1. The van der Waals surface area contributed by atoms with Gasteiger partial charge in [-0.15, -0.1) is 0 Å². The van der Waals surface area contributed by atoms with Gasteiger partial charge in [0.2, 0.25) is 5.91 Å². The van der Waals surface area contributed by atoms with Crippen molar-refractivity contribution < 1.29 is 19.4 Å². The molecule has 2 aromatic rings. The molecule has 1 atom stereocenters. The van der Waals surface area contributed by atoms with Crippen LogP contribution in [0.15, 0.2) is 48.5 Å². The second-order valence-electron chi connectivity index (χ2n) is 6.29. The molecule has 0 aromatic heterocycles. The van der Waals surface area contributed by atoms with Gasteiger partial charge in [0.1, 0.15) is 0 Å². The molecular weight excluding hydrogens is 318 g/mol. The number of amides is 1. The lowest BCUT2D eigenvalue weighted by atomic mass is 9.89. The van der Waals surface area contributed by atoms with Gasteiger partial charge in [-0.1, -0.05) is 48.5 Å². The number of carbonyl (C=O) groups is 2. The third-order valence-electron chi connectivity index (χ3n) is 4.50. The first-order chi connectivity index (χ1) is 12.1. The Bertz CT molecular complexity index is 787. The molecule has 25 heavy (non-hydrogen) atoms. The fourth-order valence-corrected chi connectivity index (χ4v) is 3.29. The largest absolute Gasteiger partial charge is 0.481 e. The predicted molar refractivity (Wildman–Crippen MR) is 93.1 cm³/mol. The monoisotopic (exact) mass is 339 g/mol. The van der Waals surface area contributed by atoms with Crippen LogP contribution in [0.25, 0.3) is 0 Å². The van der Waals surface area contributed by atoms with Crippen LogP contribution in [0.2, 0.25) is 0 Å². The second-order valence-corrected chi connectivity index (χ2v) is 6.29. The molecule has 1 aliphatic heterocycles. The molecule has 0 bridgehead atoms. The minimum Gasteiger partial charge on any atom is -0.481 e. The summed E-state index contributed by atoms with van der Waals surface area (Å²) in [7, 11) is 1.63. The van der Waals surface area contributed by atoms with E-state index in [9.17, 15) is 14.7 Å². The minimum absolute atomic E-state index is 0.0599. The van der Waals surface area contributed by atoms with Gasteiger partial charge in [0.15, 0.2) is 0 Å². The Balaban J connectivity index is 1.77. The zero-order valence-electron chi connectivity index (χ0n) is 14.1. The van der Waals surface area contributed by atoms with Crippen molar-refractivity contribution in [3.05, 3.63) is 70.8 Å². The Labute approximate surface area is 146 Å². The van der Waals surface area contributed by atoms with Gasteiger partial charge < -0.3 is 14.7 Å². The quantitative estimate of drug-likeness (QED) is 0.909. The molecule has 0 spiro atoms. The molecule has 0 saturated heterocycles. The summed E-state index contributed by atoms with van der Waals surface area (Å²) in [4.78, 5) is 26.0. The lowest BCUT2D eigenvalue weighted by molar-refractivity contribution is -0.141. The molecule has 5 nitrogen and oxygen atoms in total. The van der Waals surface area contributed by atoms with Crippen LogP contribution in [0.4, 0.5) is 0 Å². The number of ether oxygens (including phenoxy) is 1. The first-order valence-electron chi connectivity index (χ1n) is 8.23. The third-order valence-corrected chi connectivity index (χ3v) is 4.50. The third kappa shape index (κ3) is 3.88. The van der Waals surface area contributed by atoms with Gasteiger partial charge in [0, 0.05) is 20.2 Å². The summed E-state index contributed by atoms with van der Waals surface area (Å²) in [6.07, 6.45) is 0.256. The molecular formula is C20H21NO4. The van der Waals surface area contributed by atoms with Crippen molar-refractivity contribution in [2.75, 3.05) is 13.7 Å². The number of fused-ring (bicyclic) bond motifs is 1. The van der Waals surface area contributed by atoms with Crippen molar-refractivity contribution in [3.63, 3.8) is 0 Å². The fraction of sp³-hybridized carbons (Fsp3) is 0.300. The Hall–Kier alpha value is -2.66. The maximum absolute atomic E-state index is 12.7. The zero-order valence-corrected chi connectivity index (χ0v) is 14.1. The molecule has 1 aliphatic rings. The van der Waals surface area contributed by atoms with Gasteiger partial charge in [-0.3, -0.25) is 9.59 Å². The van der Waals surface area contributed by atoms with E-state index < -0.39 is 11.9 Å². The molecule has 1 heterocycles. The van der Waals surface area contributed by atoms with Crippen LogP contribution in [-0.2, 0) is 33.9 Å². The Morgan fingerprint density at radius 2 is 1.92 bits per heavy atom. The standard InChI is InChI=1S/C20H21NO4/c1-25-13-15-6-4-5-14(9-15)10-19(22)21-11-16-7-2-3-8-17(16)18(12-21)20(23)24/h2-9,18H,10-13H2,1H3,(H,23,24). The van der Waals surface area contributed by atoms with Gasteiger partial charge in [-0.25, -0.2) is 0 Å². The van der Waals surface area contributed by atoms with Crippen molar-refractivity contribution in [2.24, 2.45) is 0 Å². The molecule has 1 N–H and O–H groups in total. The second kappa shape index (κ2) is 7.49. The lowest BCUT2D eigenvalue weighted by Gasteiger charge is -2.33. The van der Waals surface area contributed by atoms with E-state index in [4.69, 9.17) is 4.74 Å². The maximum Gasteiger partial charge on any atom is 0.312 e. The summed E-state index contributed by atoms with van der Waals surface area (Å²) in [5.41, 5.74) is 3.63. The topological polar surface area (TPSA) is 66.8 Å². The molecule has 1 unspecified atom stereocenters. The Morgan fingerprint density at radius 1 is 1.16 bits per heavy atom. The van der Waals surface area contributed by atoms with Crippen molar-refractivity contribution in [1.29, 1.82) is 0 Å². The summed E-state index contributed by atoms with van der Waals surface area (Å²) >= 11 is 0. The van der Waals surface area contributed by atoms with Crippen molar-refractivity contribution in [3.8, 4) is 0 Å². The molecule has 5 heteroatoms. The van der Waals surface area contributed by atoms with Crippen molar-refractivity contribution >= 4 is 11.9 Å². The number of benzene rings is 2. The van der Waals surface area contributed by atoms with E-state index in [1.807, 2.05) is 48.5 Å². The summed E-state index contributed by atoms with van der Waals surface area (Å²) < 4.78 is 5.12. The highest BCUT2D eigenvalue weighted by molar-refractivity contribution is 5.82. The number of carboxylic acid groups (broad SMARTS) is 1. The molecule has 0 fully saturated rings. The van der Waals surface area contributed by atoms with E-state index in [0.29, 0.717) is 13.2 Å². The summed E-state index contributed by atoms with van der Waals surface area (Å²) in [6, 6.07) is 15.2. The van der Waals surface area contributed by atoms with Gasteiger partial charge in [-0.05, 0) is 22.3 Å². The number of methoxy groups -OCH3 is 1. The number of hydrogen-bond acceptors (Lipinski definition) is 3. The smallest absolute Gasteiger partial charge is 0.312 e. The Morgan fingerprint density at radius 3 is 2.68 bits per heavy atom. The van der Waals surface area contributed by atoms with Crippen LogP contribution in [0.5, 0.6) is 0 Å². The van der Waals surface area contributed by atoms with Crippen LogP contribution in [0.3, 0.4) is 0 Å². The summed E-state index contributed by atoms with van der Waals surface area (Å²) in [5.74, 6) is -1.63. The first-order valence-corrected chi connectivity index (χ1v) is 8.23. The molecule has 2 aromatic carbocycles. The average molecular weight is 339 g/mol. The van der Waals surface area contributed by atoms with Gasteiger partial charge in [0.05, 0.1) is 18.9 Å². The van der Waals surface area contributed by atoms with E-state index in [2.05, 4.69) is 0 Å². The van der Waals surface area contributed by atoms with Crippen LogP contribution >= 0.6 is 0 Å². The van der Waals surface area contributed by atoms with Crippen molar-refractivity contribution in [2.45, 2.75) is 25.5 Å².